The van der Waals surface area contributed by atoms with E-state index in [2.05, 4.69) is 27.3 Å². The van der Waals surface area contributed by atoms with Crippen LogP contribution >= 0.6 is 46.6 Å². The average Bonchev–Trinajstić information content (AvgIpc) is 3.01. The van der Waals surface area contributed by atoms with Gasteiger partial charge in [-0.3, -0.25) is 9.69 Å². The predicted octanol–water partition coefficient (Wildman–Crippen LogP) is 4.78. The Kier molecular flexibility index (Phi) is 8.41. The second-order valence-corrected chi connectivity index (χ2v) is 9.81. The fraction of sp³-hybridized carbons (Fsp3) is 0.476. The largest absolute Gasteiger partial charge is 0.490 e. The zero-order valence-corrected chi connectivity index (χ0v) is 20.7. The molecule has 1 aromatic carbocycles. The number of rotatable bonds is 7. The van der Waals surface area contributed by atoms with Crippen molar-refractivity contribution >= 4 is 68.8 Å². The van der Waals surface area contributed by atoms with Crippen LogP contribution in [0.15, 0.2) is 17.0 Å². The molecule has 1 heterocycles. The first kappa shape index (κ1) is 23.3. The van der Waals surface area contributed by atoms with Gasteiger partial charge in [0.1, 0.15) is 4.32 Å². The molecule has 1 aromatic rings. The van der Waals surface area contributed by atoms with Crippen molar-refractivity contribution in [3.63, 3.8) is 0 Å². The number of methoxy groups -OCH3 is 1. The van der Waals surface area contributed by atoms with Crippen molar-refractivity contribution in [3.8, 4) is 11.5 Å². The molecule has 2 fully saturated rings. The Hall–Kier alpha value is -1.33. The molecule has 30 heavy (non-hydrogen) atoms. The summed E-state index contributed by atoms with van der Waals surface area (Å²) in [6.45, 7) is 2.11. The first-order valence-corrected chi connectivity index (χ1v) is 12.2. The number of esters is 1. The molecule has 1 amide bonds. The molecule has 0 aromatic heterocycles. The Morgan fingerprint density at radius 3 is 2.70 bits per heavy atom. The van der Waals surface area contributed by atoms with Gasteiger partial charge in [0.05, 0.1) is 22.2 Å². The highest BCUT2D eigenvalue weighted by molar-refractivity contribution is 14.1. The maximum atomic E-state index is 13.0. The van der Waals surface area contributed by atoms with E-state index in [9.17, 15) is 9.59 Å². The van der Waals surface area contributed by atoms with Gasteiger partial charge in [-0.05, 0) is 66.1 Å². The Morgan fingerprint density at radius 1 is 1.30 bits per heavy atom. The van der Waals surface area contributed by atoms with Gasteiger partial charge < -0.3 is 14.2 Å². The summed E-state index contributed by atoms with van der Waals surface area (Å²) in [6, 6.07) is 3.92. The molecule has 1 aliphatic carbocycles. The summed E-state index contributed by atoms with van der Waals surface area (Å²) in [5.74, 6) is 0.511. The number of benzene rings is 1. The van der Waals surface area contributed by atoms with Crippen LogP contribution in [0.2, 0.25) is 0 Å². The number of nitrogens with zero attached hydrogens (tertiary/aromatic N) is 1. The van der Waals surface area contributed by atoms with Crippen LogP contribution in [0, 0.1) is 3.57 Å². The quantitative estimate of drug-likeness (QED) is 0.206. The molecule has 1 aliphatic heterocycles. The Bertz CT molecular complexity index is 867. The minimum absolute atomic E-state index is 0.0177. The molecule has 6 nitrogen and oxygen atoms in total. The monoisotopic (exact) mass is 561 g/mol. The van der Waals surface area contributed by atoms with Gasteiger partial charge >= 0.3 is 5.97 Å². The zero-order valence-electron chi connectivity index (χ0n) is 16.9. The molecule has 162 valence electrons. The van der Waals surface area contributed by atoms with Gasteiger partial charge in [-0.2, -0.15) is 0 Å². The lowest BCUT2D eigenvalue weighted by Gasteiger charge is -2.29. The van der Waals surface area contributed by atoms with Gasteiger partial charge in [0, 0.05) is 6.04 Å². The topological polar surface area (TPSA) is 65.1 Å². The third kappa shape index (κ3) is 5.47. The van der Waals surface area contributed by atoms with Crippen LogP contribution in [0.3, 0.4) is 0 Å². The Balaban J connectivity index is 1.84. The summed E-state index contributed by atoms with van der Waals surface area (Å²) in [6.07, 6.45) is 7.38. The smallest absolute Gasteiger partial charge is 0.343 e. The van der Waals surface area contributed by atoms with Gasteiger partial charge in [-0.1, -0.05) is 43.2 Å². The third-order valence-electron chi connectivity index (χ3n) is 4.95. The fourth-order valence-corrected chi connectivity index (χ4v) is 5.73. The van der Waals surface area contributed by atoms with Crippen molar-refractivity contribution in [2.45, 2.75) is 45.1 Å². The summed E-state index contributed by atoms with van der Waals surface area (Å²) in [5.41, 5.74) is 0.817. The summed E-state index contributed by atoms with van der Waals surface area (Å²) in [5, 5.41) is 0. The van der Waals surface area contributed by atoms with Gasteiger partial charge in [-0.15, -0.1) is 0 Å². The SMILES string of the molecule is CCOc1cc(/C=C2\SC(=S)N(C3CCCCC3)C2=O)cc(I)c1OCC(=O)OC. The average molecular weight is 561 g/mol. The van der Waals surface area contributed by atoms with Crippen LogP contribution in [0.4, 0.5) is 0 Å². The highest BCUT2D eigenvalue weighted by atomic mass is 127. The molecule has 0 N–H and O–H groups in total. The zero-order chi connectivity index (χ0) is 21.7. The summed E-state index contributed by atoms with van der Waals surface area (Å²) >= 11 is 8.99. The number of hydrogen-bond acceptors (Lipinski definition) is 7. The third-order valence-corrected chi connectivity index (χ3v) is 7.09. The van der Waals surface area contributed by atoms with Gasteiger partial charge in [0.2, 0.25) is 0 Å². The normalized spacial score (nSPS) is 18.8. The maximum Gasteiger partial charge on any atom is 0.343 e. The van der Waals surface area contributed by atoms with Gasteiger partial charge in [-0.25, -0.2) is 4.79 Å². The van der Waals surface area contributed by atoms with Gasteiger partial charge in [0.15, 0.2) is 18.1 Å². The Morgan fingerprint density at radius 2 is 2.03 bits per heavy atom. The first-order chi connectivity index (χ1) is 14.4. The Labute approximate surface area is 199 Å². The summed E-state index contributed by atoms with van der Waals surface area (Å²) in [4.78, 5) is 26.9. The molecule has 0 spiro atoms. The lowest BCUT2D eigenvalue weighted by Crippen LogP contribution is -2.39. The van der Waals surface area contributed by atoms with Crippen molar-refractivity contribution in [3.05, 3.63) is 26.2 Å². The van der Waals surface area contributed by atoms with Crippen LogP contribution in [0.1, 0.15) is 44.6 Å². The lowest BCUT2D eigenvalue weighted by molar-refractivity contribution is -0.143. The van der Waals surface area contributed by atoms with E-state index in [0.29, 0.717) is 27.3 Å². The molecule has 0 radical (unpaired) electrons. The highest BCUT2D eigenvalue weighted by Gasteiger charge is 2.37. The van der Waals surface area contributed by atoms with Crippen LogP contribution in [-0.2, 0) is 14.3 Å². The van der Waals surface area contributed by atoms with E-state index in [1.54, 1.807) is 4.90 Å². The second-order valence-electron chi connectivity index (χ2n) is 6.97. The molecule has 1 saturated heterocycles. The number of thiocarbonyl (C=S) groups is 1. The lowest BCUT2D eigenvalue weighted by atomic mass is 9.94. The molecule has 1 saturated carbocycles. The van der Waals surface area contributed by atoms with E-state index in [0.717, 1.165) is 34.8 Å². The number of carbonyl (C=O) groups is 2. The van der Waals surface area contributed by atoms with Gasteiger partial charge in [0.25, 0.3) is 5.91 Å². The molecule has 0 unspecified atom stereocenters. The van der Waals surface area contributed by atoms with Crippen LogP contribution in [-0.4, -0.2) is 47.5 Å². The molecular formula is C21H24INO5S2. The minimum atomic E-state index is -0.469. The summed E-state index contributed by atoms with van der Waals surface area (Å²) < 4.78 is 17.4. The van der Waals surface area contributed by atoms with E-state index in [1.165, 1.54) is 25.3 Å². The number of halogens is 1. The van der Waals surface area contributed by atoms with E-state index >= 15 is 0 Å². The fourth-order valence-electron chi connectivity index (χ4n) is 3.55. The first-order valence-electron chi connectivity index (χ1n) is 9.87. The van der Waals surface area contributed by atoms with Crippen molar-refractivity contribution in [1.82, 2.24) is 4.90 Å². The second kappa shape index (κ2) is 10.8. The molecule has 9 heteroatoms. The molecular weight excluding hydrogens is 537 g/mol. The number of thioether (sulfide) groups is 1. The van der Waals surface area contributed by atoms with Crippen LogP contribution in [0.25, 0.3) is 6.08 Å². The number of amides is 1. The maximum absolute atomic E-state index is 13.0. The minimum Gasteiger partial charge on any atom is -0.490 e. The molecule has 0 atom stereocenters. The highest BCUT2D eigenvalue weighted by Crippen LogP contribution is 2.39. The number of hydrogen-bond donors (Lipinski definition) is 0. The predicted molar refractivity (Wildman–Crippen MR) is 130 cm³/mol. The van der Waals surface area contributed by atoms with Crippen molar-refractivity contribution < 1.29 is 23.8 Å². The molecule has 3 rings (SSSR count). The van der Waals surface area contributed by atoms with E-state index in [1.807, 2.05) is 25.1 Å². The van der Waals surface area contributed by atoms with E-state index in [4.69, 9.17) is 21.7 Å². The number of carbonyl (C=O) groups excluding carboxylic acids is 2. The van der Waals surface area contributed by atoms with E-state index < -0.39 is 5.97 Å². The number of ether oxygens (including phenoxy) is 3. The van der Waals surface area contributed by atoms with Crippen molar-refractivity contribution in [1.29, 1.82) is 0 Å². The molecule has 2 aliphatic rings. The standard InChI is InChI=1S/C21H24INO5S2/c1-3-27-16-10-13(9-15(22)19(16)28-12-18(24)26-2)11-17-20(25)23(21(29)30-17)14-7-5-4-6-8-14/h9-11,14H,3-8,12H2,1-2H3/b17-11-. The van der Waals surface area contributed by atoms with E-state index in [-0.39, 0.29) is 18.6 Å². The van der Waals surface area contributed by atoms with Crippen LogP contribution in [0.5, 0.6) is 11.5 Å². The molecule has 0 bridgehead atoms. The summed E-state index contributed by atoms with van der Waals surface area (Å²) in [7, 11) is 1.31. The van der Waals surface area contributed by atoms with Crippen LogP contribution < -0.4 is 9.47 Å². The van der Waals surface area contributed by atoms with Crippen molar-refractivity contribution in [2.24, 2.45) is 0 Å². The van der Waals surface area contributed by atoms with Crippen molar-refractivity contribution in [2.75, 3.05) is 20.3 Å².